The summed E-state index contributed by atoms with van der Waals surface area (Å²) in [6, 6.07) is 0. The molecule has 1 amide bonds. The highest BCUT2D eigenvalue weighted by Gasteiger charge is 2.28. The normalized spacial score (nSPS) is 23.3. The van der Waals surface area contributed by atoms with Crippen LogP contribution in [0.4, 0.5) is 0 Å². The molecule has 1 heterocycles. The van der Waals surface area contributed by atoms with E-state index in [2.05, 4.69) is 17.1 Å². The van der Waals surface area contributed by atoms with Gasteiger partial charge < -0.3 is 10.2 Å². The first-order chi connectivity index (χ1) is 9.31. The van der Waals surface area contributed by atoms with Gasteiger partial charge in [0, 0.05) is 19.0 Å². The fourth-order valence-corrected chi connectivity index (χ4v) is 3.49. The van der Waals surface area contributed by atoms with Gasteiger partial charge in [0.2, 0.25) is 5.91 Å². The van der Waals surface area contributed by atoms with Gasteiger partial charge in [-0.2, -0.15) is 0 Å². The zero-order valence-corrected chi connectivity index (χ0v) is 12.5. The summed E-state index contributed by atoms with van der Waals surface area (Å²) < 4.78 is 0. The van der Waals surface area contributed by atoms with E-state index in [0.29, 0.717) is 11.8 Å². The predicted molar refractivity (Wildman–Crippen MR) is 79.0 cm³/mol. The maximum absolute atomic E-state index is 12.5. The van der Waals surface area contributed by atoms with Crippen molar-refractivity contribution in [3.05, 3.63) is 0 Å². The summed E-state index contributed by atoms with van der Waals surface area (Å²) in [5.41, 5.74) is 0. The first-order valence-electron chi connectivity index (χ1n) is 8.30. The molecule has 1 saturated carbocycles. The quantitative estimate of drug-likeness (QED) is 0.794. The van der Waals surface area contributed by atoms with Crippen LogP contribution in [-0.2, 0) is 4.79 Å². The van der Waals surface area contributed by atoms with Gasteiger partial charge in [-0.15, -0.1) is 0 Å². The Balaban J connectivity index is 1.75. The van der Waals surface area contributed by atoms with Gasteiger partial charge in [0.05, 0.1) is 0 Å². The first-order valence-corrected chi connectivity index (χ1v) is 8.30. The van der Waals surface area contributed by atoms with Crippen LogP contribution in [0.1, 0.15) is 58.3 Å². The van der Waals surface area contributed by atoms with E-state index < -0.39 is 0 Å². The third-order valence-corrected chi connectivity index (χ3v) is 4.81. The highest BCUT2D eigenvalue weighted by molar-refractivity contribution is 5.78. The average Bonchev–Trinajstić information content (AvgIpc) is 2.74. The lowest BCUT2D eigenvalue weighted by atomic mass is 9.93. The van der Waals surface area contributed by atoms with Gasteiger partial charge in [0.1, 0.15) is 0 Å². The van der Waals surface area contributed by atoms with E-state index in [4.69, 9.17) is 0 Å². The molecule has 2 aliphatic rings. The molecule has 110 valence electrons. The number of nitrogens with one attached hydrogen (secondary N) is 1. The number of hydrogen-bond donors (Lipinski definition) is 1. The molecule has 0 atom stereocenters. The Labute approximate surface area is 118 Å². The van der Waals surface area contributed by atoms with Gasteiger partial charge in [-0.3, -0.25) is 4.79 Å². The maximum atomic E-state index is 12.5. The smallest absolute Gasteiger partial charge is 0.225 e. The largest absolute Gasteiger partial charge is 0.342 e. The number of carbonyl (C=O) groups is 1. The molecule has 0 aromatic carbocycles. The number of amides is 1. The summed E-state index contributed by atoms with van der Waals surface area (Å²) in [6.07, 6.45) is 9.81. The van der Waals surface area contributed by atoms with Crippen molar-refractivity contribution in [2.45, 2.75) is 58.3 Å². The standard InChI is InChI=1S/C16H30N2O/c1-2-17-13-14-9-11-18(12-10-14)16(19)15-7-5-3-4-6-8-15/h14-15,17H,2-13H2,1H3. The third-order valence-electron chi connectivity index (χ3n) is 4.81. The molecule has 1 aliphatic carbocycles. The van der Waals surface area contributed by atoms with Crippen molar-refractivity contribution in [2.75, 3.05) is 26.2 Å². The molecular weight excluding hydrogens is 236 g/mol. The summed E-state index contributed by atoms with van der Waals surface area (Å²) in [5.74, 6) is 1.58. The maximum Gasteiger partial charge on any atom is 0.225 e. The minimum absolute atomic E-state index is 0.341. The molecule has 2 rings (SSSR count). The van der Waals surface area contributed by atoms with E-state index >= 15 is 0 Å². The molecule has 2 fully saturated rings. The molecule has 1 saturated heterocycles. The fraction of sp³-hybridized carbons (Fsp3) is 0.938. The van der Waals surface area contributed by atoms with E-state index in [9.17, 15) is 4.79 Å². The van der Waals surface area contributed by atoms with E-state index in [1.54, 1.807) is 0 Å². The molecule has 3 heteroatoms. The van der Waals surface area contributed by atoms with Crippen LogP contribution in [0.2, 0.25) is 0 Å². The fourth-order valence-electron chi connectivity index (χ4n) is 3.49. The second-order valence-electron chi connectivity index (χ2n) is 6.26. The molecule has 19 heavy (non-hydrogen) atoms. The summed E-state index contributed by atoms with van der Waals surface area (Å²) in [7, 11) is 0. The molecule has 0 spiro atoms. The van der Waals surface area contributed by atoms with Crippen LogP contribution in [-0.4, -0.2) is 37.0 Å². The van der Waals surface area contributed by atoms with Crippen molar-refractivity contribution in [3.63, 3.8) is 0 Å². The third kappa shape index (κ3) is 4.48. The van der Waals surface area contributed by atoms with E-state index in [-0.39, 0.29) is 0 Å². The van der Waals surface area contributed by atoms with Gasteiger partial charge in [0.25, 0.3) is 0 Å². The topological polar surface area (TPSA) is 32.3 Å². The number of hydrogen-bond acceptors (Lipinski definition) is 2. The van der Waals surface area contributed by atoms with Crippen molar-refractivity contribution < 1.29 is 4.79 Å². The molecule has 0 aromatic rings. The van der Waals surface area contributed by atoms with Crippen molar-refractivity contribution in [1.82, 2.24) is 10.2 Å². The van der Waals surface area contributed by atoms with Crippen LogP contribution in [0.3, 0.4) is 0 Å². The van der Waals surface area contributed by atoms with Crippen LogP contribution in [0, 0.1) is 11.8 Å². The average molecular weight is 266 g/mol. The molecular formula is C16H30N2O. The molecule has 1 aliphatic heterocycles. The summed E-state index contributed by atoms with van der Waals surface area (Å²) in [6.45, 7) is 6.32. The van der Waals surface area contributed by atoms with Crippen molar-refractivity contribution in [2.24, 2.45) is 11.8 Å². The highest BCUT2D eigenvalue weighted by Crippen LogP contribution is 2.26. The van der Waals surface area contributed by atoms with Gasteiger partial charge in [-0.25, -0.2) is 0 Å². The van der Waals surface area contributed by atoms with E-state index in [1.807, 2.05) is 0 Å². The van der Waals surface area contributed by atoms with Gasteiger partial charge in [-0.1, -0.05) is 32.6 Å². The second-order valence-corrected chi connectivity index (χ2v) is 6.26. The first kappa shape index (κ1) is 14.8. The van der Waals surface area contributed by atoms with Crippen molar-refractivity contribution >= 4 is 5.91 Å². The minimum Gasteiger partial charge on any atom is -0.342 e. The number of piperidine rings is 1. The van der Waals surface area contributed by atoms with Crippen LogP contribution < -0.4 is 5.32 Å². The van der Waals surface area contributed by atoms with Gasteiger partial charge in [0.15, 0.2) is 0 Å². The summed E-state index contributed by atoms with van der Waals surface area (Å²) in [5, 5.41) is 3.43. The van der Waals surface area contributed by atoms with Gasteiger partial charge in [-0.05, 0) is 44.7 Å². The minimum atomic E-state index is 0.341. The van der Waals surface area contributed by atoms with Crippen LogP contribution >= 0.6 is 0 Å². The summed E-state index contributed by atoms with van der Waals surface area (Å²) >= 11 is 0. The van der Waals surface area contributed by atoms with E-state index in [1.165, 1.54) is 38.5 Å². The Bertz CT molecular complexity index is 264. The molecule has 0 unspecified atom stereocenters. The summed E-state index contributed by atoms with van der Waals surface area (Å²) in [4.78, 5) is 14.7. The number of nitrogens with zero attached hydrogens (tertiary/aromatic N) is 1. The SMILES string of the molecule is CCNCC1CCN(C(=O)C2CCCCCC2)CC1. The van der Waals surface area contributed by atoms with Crippen LogP contribution in [0.25, 0.3) is 0 Å². The van der Waals surface area contributed by atoms with Crippen molar-refractivity contribution in [1.29, 1.82) is 0 Å². The Hall–Kier alpha value is -0.570. The monoisotopic (exact) mass is 266 g/mol. The van der Waals surface area contributed by atoms with Crippen molar-refractivity contribution in [3.8, 4) is 0 Å². The number of carbonyl (C=O) groups excluding carboxylic acids is 1. The zero-order valence-electron chi connectivity index (χ0n) is 12.5. The Morgan fingerprint density at radius 2 is 1.68 bits per heavy atom. The molecule has 3 nitrogen and oxygen atoms in total. The molecule has 0 bridgehead atoms. The van der Waals surface area contributed by atoms with Crippen LogP contribution in [0.15, 0.2) is 0 Å². The lowest BCUT2D eigenvalue weighted by Gasteiger charge is -2.34. The number of likely N-dealkylation sites (tertiary alicyclic amines) is 1. The second kappa shape index (κ2) is 7.88. The molecule has 1 N–H and O–H groups in total. The zero-order chi connectivity index (χ0) is 13.5. The lowest BCUT2D eigenvalue weighted by Crippen LogP contribution is -2.43. The van der Waals surface area contributed by atoms with E-state index in [0.717, 1.165) is 44.9 Å². The highest BCUT2D eigenvalue weighted by atomic mass is 16.2. The molecule has 0 aromatic heterocycles. The Kier molecular flexibility index (Phi) is 6.15. The predicted octanol–water partition coefficient (Wildman–Crippen LogP) is 2.80. The van der Waals surface area contributed by atoms with Gasteiger partial charge >= 0.3 is 0 Å². The Morgan fingerprint density at radius 1 is 1.05 bits per heavy atom. The lowest BCUT2D eigenvalue weighted by molar-refractivity contribution is -0.137. The molecule has 0 radical (unpaired) electrons. The Morgan fingerprint density at radius 3 is 2.26 bits per heavy atom. The van der Waals surface area contributed by atoms with Crippen LogP contribution in [0.5, 0.6) is 0 Å². The number of rotatable bonds is 4.